The first-order valence-electron chi connectivity index (χ1n) is 8.64. The van der Waals surface area contributed by atoms with Crippen molar-refractivity contribution in [3.63, 3.8) is 0 Å². The lowest BCUT2D eigenvalue weighted by Crippen LogP contribution is -2.40. The maximum atomic E-state index is 14.3. The summed E-state index contributed by atoms with van der Waals surface area (Å²) in [5.41, 5.74) is -0.356. The van der Waals surface area contributed by atoms with Gasteiger partial charge in [-0.2, -0.15) is 4.31 Å². The van der Waals surface area contributed by atoms with Crippen LogP contribution in [0, 0.1) is 22.9 Å². The number of amides is 1. The van der Waals surface area contributed by atoms with E-state index in [1.165, 1.54) is 29.4 Å². The standard InChI is InChI=1S/C18H18FN3O6S/c1-12-16(3-2-4-17(12)22(24)25)20-18(23)14-11-13(5-6-15(14)19)29(26,27)21-7-9-28-10-8-21/h2-6,11H,7-10H2,1H3,(H,20,23). The third kappa shape index (κ3) is 4.26. The van der Waals surface area contributed by atoms with E-state index in [0.717, 1.165) is 18.2 Å². The highest BCUT2D eigenvalue weighted by atomic mass is 32.2. The van der Waals surface area contributed by atoms with Crippen molar-refractivity contribution in [2.45, 2.75) is 11.8 Å². The Hall–Kier alpha value is -2.89. The zero-order valence-corrected chi connectivity index (χ0v) is 16.2. The molecule has 0 bridgehead atoms. The molecule has 154 valence electrons. The lowest BCUT2D eigenvalue weighted by atomic mass is 10.1. The number of ether oxygens (including phenoxy) is 1. The number of carbonyl (C=O) groups is 1. The Bertz CT molecular complexity index is 1070. The average Bonchev–Trinajstić information content (AvgIpc) is 2.70. The average molecular weight is 423 g/mol. The van der Waals surface area contributed by atoms with E-state index in [1.807, 2.05) is 0 Å². The summed E-state index contributed by atoms with van der Waals surface area (Å²) >= 11 is 0. The number of hydrogen-bond donors (Lipinski definition) is 1. The SMILES string of the molecule is Cc1c(NC(=O)c2cc(S(=O)(=O)N3CCOCC3)ccc2F)cccc1[N+](=O)[O-]. The maximum Gasteiger partial charge on any atom is 0.274 e. The fourth-order valence-corrected chi connectivity index (χ4v) is 4.36. The lowest BCUT2D eigenvalue weighted by Gasteiger charge is -2.26. The van der Waals surface area contributed by atoms with Crippen LogP contribution in [-0.2, 0) is 14.8 Å². The fraction of sp³-hybridized carbons (Fsp3) is 0.278. The molecule has 0 saturated carbocycles. The molecule has 1 aliphatic rings. The molecular formula is C18H18FN3O6S. The Morgan fingerprint density at radius 3 is 2.59 bits per heavy atom. The molecule has 0 aliphatic carbocycles. The molecule has 0 radical (unpaired) electrons. The molecule has 0 aromatic heterocycles. The highest BCUT2D eigenvalue weighted by molar-refractivity contribution is 7.89. The second-order valence-corrected chi connectivity index (χ2v) is 8.26. The number of nitro groups is 1. The number of sulfonamides is 1. The van der Waals surface area contributed by atoms with Gasteiger partial charge in [-0.25, -0.2) is 12.8 Å². The molecule has 0 unspecified atom stereocenters. The van der Waals surface area contributed by atoms with Crippen LogP contribution in [0.15, 0.2) is 41.3 Å². The summed E-state index contributed by atoms with van der Waals surface area (Å²) in [6, 6.07) is 7.06. The van der Waals surface area contributed by atoms with Crippen molar-refractivity contribution < 1.29 is 27.3 Å². The highest BCUT2D eigenvalue weighted by Gasteiger charge is 2.28. The van der Waals surface area contributed by atoms with Crippen molar-refractivity contribution >= 4 is 27.3 Å². The minimum absolute atomic E-state index is 0.130. The molecule has 1 fully saturated rings. The summed E-state index contributed by atoms with van der Waals surface area (Å²) in [6.07, 6.45) is 0. The zero-order valence-electron chi connectivity index (χ0n) is 15.4. The molecule has 0 atom stereocenters. The Kier molecular flexibility index (Phi) is 5.91. The Morgan fingerprint density at radius 1 is 1.24 bits per heavy atom. The number of rotatable bonds is 5. The number of nitro benzene ring substituents is 1. The van der Waals surface area contributed by atoms with Gasteiger partial charge in [-0.3, -0.25) is 14.9 Å². The van der Waals surface area contributed by atoms with Gasteiger partial charge in [0.25, 0.3) is 11.6 Å². The summed E-state index contributed by atoms with van der Waals surface area (Å²) in [6.45, 7) is 2.27. The monoisotopic (exact) mass is 423 g/mol. The summed E-state index contributed by atoms with van der Waals surface area (Å²) < 4.78 is 46.1. The van der Waals surface area contributed by atoms with Gasteiger partial charge in [0, 0.05) is 19.2 Å². The number of nitrogens with zero attached hydrogens (tertiary/aromatic N) is 2. The first-order chi connectivity index (χ1) is 13.7. The zero-order chi connectivity index (χ0) is 21.2. The van der Waals surface area contributed by atoms with Gasteiger partial charge in [-0.05, 0) is 31.2 Å². The maximum absolute atomic E-state index is 14.3. The van der Waals surface area contributed by atoms with Crippen LogP contribution in [0.3, 0.4) is 0 Å². The van der Waals surface area contributed by atoms with Gasteiger partial charge < -0.3 is 10.1 Å². The van der Waals surface area contributed by atoms with Gasteiger partial charge in [0.15, 0.2) is 0 Å². The second-order valence-electron chi connectivity index (χ2n) is 6.32. The summed E-state index contributed by atoms with van der Waals surface area (Å²) in [7, 11) is -3.92. The van der Waals surface area contributed by atoms with Gasteiger partial charge in [-0.1, -0.05) is 6.07 Å². The smallest absolute Gasteiger partial charge is 0.274 e. The van der Waals surface area contributed by atoms with E-state index in [2.05, 4.69) is 5.32 Å². The third-order valence-corrected chi connectivity index (χ3v) is 6.44. The van der Waals surface area contributed by atoms with E-state index in [0.29, 0.717) is 0 Å². The highest BCUT2D eigenvalue weighted by Crippen LogP contribution is 2.26. The minimum Gasteiger partial charge on any atom is -0.379 e. The molecule has 11 heteroatoms. The van der Waals surface area contributed by atoms with E-state index in [4.69, 9.17) is 4.74 Å². The molecule has 2 aromatic carbocycles. The molecule has 1 heterocycles. The number of benzene rings is 2. The van der Waals surface area contributed by atoms with Crippen LogP contribution >= 0.6 is 0 Å². The quantitative estimate of drug-likeness (QED) is 0.582. The van der Waals surface area contributed by atoms with E-state index in [1.54, 1.807) is 0 Å². The number of carbonyl (C=O) groups excluding carboxylic acids is 1. The Morgan fingerprint density at radius 2 is 1.93 bits per heavy atom. The first kappa shape index (κ1) is 20.8. The van der Waals surface area contributed by atoms with Crippen molar-refractivity contribution in [1.29, 1.82) is 0 Å². The first-order valence-corrected chi connectivity index (χ1v) is 10.1. The van der Waals surface area contributed by atoms with E-state index in [-0.39, 0.29) is 48.1 Å². The predicted molar refractivity (Wildman–Crippen MR) is 102 cm³/mol. The van der Waals surface area contributed by atoms with Crippen LogP contribution in [0.4, 0.5) is 15.8 Å². The molecule has 3 rings (SSSR count). The summed E-state index contributed by atoms with van der Waals surface area (Å²) in [5, 5.41) is 13.5. The van der Waals surface area contributed by atoms with Crippen molar-refractivity contribution in [3.05, 3.63) is 63.5 Å². The lowest BCUT2D eigenvalue weighted by molar-refractivity contribution is -0.385. The second kappa shape index (κ2) is 8.23. The van der Waals surface area contributed by atoms with Gasteiger partial charge in [0.2, 0.25) is 10.0 Å². The van der Waals surface area contributed by atoms with Crippen molar-refractivity contribution in [3.8, 4) is 0 Å². The van der Waals surface area contributed by atoms with Gasteiger partial charge in [-0.15, -0.1) is 0 Å². The van der Waals surface area contributed by atoms with E-state index >= 15 is 0 Å². The van der Waals surface area contributed by atoms with Crippen molar-refractivity contribution in [1.82, 2.24) is 4.31 Å². The number of nitrogens with one attached hydrogen (secondary N) is 1. The van der Waals surface area contributed by atoms with E-state index < -0.39 is 32.2 Å². The van der Waals surface area contributed by atoms with Crippen LogP contribution in [0.1, 0.15) is 15.9 Å². The number of morpholine rings is 1. The molecular weight excluding hydrogens is 405 g/mol. The third-order valence-electron chi connectivity index (χ3n) is 4.54. The molecule has 0 spiro atoms. The topological polar surface area (TPSA) is 119 Å². The van der Waals surface area contributed by atoms with Gasteiger partial charge >= 0.3 is 0 Å². The minimum atomic E-state index is -3.92. The molecule has 1 N–H and O–H groups in total. The molecule has 2 aromatic rings. The van der Waals surface area contributed by atoms with Crippen LogP contribution < -0.4 is 5.32 Å². The van der Waals surface area contributed by atoms with Crippen LogP contribution in [0.2, 0.25) is 0 Å². The molecule has 1 saturated heterocycles. The summed E-state index contributed by atoms with van der Waals surface area (Å²) in [4.78, 5) is 22.8. The number of halogens is 1. The molecule has 1 aliphatic heterocycles. The molecule has 1 amide bonds. The van der Waals surface area contributed by atoms with E-state index in [9.17, 15) is 27.7 Å². The Balaban J connectivity index is 1.91. The Labute approximate surface area is 166 Å². The normalized spacial score (nSPS) is 15.1. The number of hydrogen-bond acceptors (Lipinski definition) is 6. The van der Waals surface area contributed by atoms with Gasteiger partial charge in [0.05, 0.1) is 39.8 Å². The molecule has 29 heavy (non-hydrogen) atoms. The van der Waals surface area contributed by atoms with Crippen LogP contribution in [-0.4, -0.2) is 49.9 Å². The summed E-state index contributed by atoms with van der Waals surface area (Å²) in [5.74, 6) is -1.82. The largest absolute Gasteiger partial charge is 0.379 e. The molecule has 9 nitrogen and oxygen atoms in total. The predicted octanol–water partition coefficient (Wildman–Crippen LogP) is 2.32. The van der Waals surface area contributed by atoms with Crippen LogP contribution in [0.25, 0.3) is 0 Å². The van der Waals surface area contributed by atoms with Crippen molar-refractivity contribution in [2.24, 2.45) is 0 Å². The van der Waals surface area contributed by atoms with Crippen molar-refractivity contribution in [2.75, 3.05) is 31.6 Å². The number of anilines is 1. The van der Waals surface area contributed by atoms with Crippen LogP contribution in [0.5, 0.6) is 0 Å². The van der Waals surface area contributed by atoms with Gasteiger partial charge in [0.1, 0.15) is 5.82 Å². The fourth-order valence-electron chi connectivity index (χ4n) is 2.92.